The highest BCUT2D eigenvalue weighted by atomic mass is 32.2. The van der Waals surface area contributed by atoms with Gasteiger partial charge in [-0.3, -0.25) is 0 Å². The summed E-state index contributed by atoms with van der Waals surface area (Å²) in [6, 6.07) is 11.1. The van der Waals surface area contributed by atoms with Crippen molar-refractivity contribution in [1.82, 2.24) is 0 Å². The van der Waals surface area contributed by atoms with Gasteiger partial charge in [0, 0.05) is 11.4 Å². The van der Waals surface area contributed by atoms with Crippen LogP contribution in [0.5, 0.6) is 0 Å². The topological polar surface area (TPSA) is 72.2 Å². The Balaban J connectivity index is 2.34. The number of nitrogens with one attached hydrogen (secondary N) is 1. The van der Waals surface area contributed by atoms with Crippen molar-refractivity contribution in [3.05, 3.63) is 53.1 Å². The third-order valence-electron chi connectivity index (χ3n) is 3.14. The van der Waals surface area contributed by atoms with E-state index in [-0.39, 0.29) is 4.90 Å². The third-order valence-corrected chi connectivity index (χ3v) is 4.21. The highest BCUT2D eigenvalue weighted by molar-refractivity contribution is 7.89. The lowest BCUT2D eigenvalue weighted by molar-refractivity contribution is 0.597. The van der Waals surface area contributed by atoms with Crippen molar-refractivity contribution >= 4 is 21.4 Å². The minimum absolute atomic E-state index is 0.156. The summed E-state index contributed by atoms with van der Waals surface area (Å²) in [5.41, 5.74) is 4.80. The van der Waals surface area contributed by atoms with Crippen molar-refractivity contribution in [2.24, 2.45) is 5.14 Å². The molecule has 20 heavy (non-hydrogen) atoms. The van der Waals surface area contributed by atoms with E-state index in [9.17, 15) is 8.42 Å². The Bertz CT molecular complexity index is 752. The van der Waals surface area contributed by atoms with Crippen molar-refractivity contribution in [1.29, 1.82) is 0 Å². The fourth-order valence-electron chi connectivity index (χ4n) is 2.16. The Labute approximate surface area is 119 Å². The molecule has 0 spiro atoms. The summed E-state index contributed by atoms with van der Waals surface area (Å²) in [5.74, 6) is 0. The smallest absolute Gasteiger partial charge is 0.238 e. The molecule has 106 valence electrons. The van der Waals surface area contributed by atoms with Crippen LogP contribution in [0.15, 0.2) is 41.3 Å². The molecule has 0 saturated heterocycles. The number of anilines is 2. The van der Waals surface area contributed by atoms with E-state index in [1.54, 1.807) is 19.1 Å². The molecule has 0 atom stereocenters. The van der Waals surface area contributed by atoms with Gasteiger partial charge in [-0.2, -0.15) is 0 Å². The molecule has 4 nitrogen and oxygen atoms in total. The lowest BCUT2D eigenvalue weighted by Gasteiger charge is -2.12. The Kier molecular flexibility index (Phi) is 3.83. The molecule has 0 aromatic heterocycles. The molecular weight excluding hydrogens is 272 g/mol. The van der Waals surface area contributed by atoms with Crippen LogP contribution in [-0.4, -0.2) is 8.42 Å². The molecule has 5 heteroatoms. The van der Waals surface area contributed by atoms with E-state index in [1.807, 2.05) is 26.0 Å². The van der Waals surface area contributed by atoms with Gasteiger partial charge in [0.15, 0.2) is 0 Å². The molecule has 2 rings (SSSR count). The highest BCUT2D eigenvalue weighted by Gasteiger charge is 2.11. The first-order valence-corrected chi connectivity index (χ1v) is 7.80. The predicted octanol–water partition coefficient (Wildman–Crippen LogP) is 3.00. The maximum Gasteiger partial charge on any atom is 0.238 e. The first-order valence-electron chi connectivity index (χ1n) is 6.25. The molecule has 0 amide bonds. The van der Waals surface area contributed by atoms with E-state index in [4.69, 9.17) is 5.14 Å². The molecule has 0 radical (unpaired) electrons. The van der Waals surface area contributed by atoms with E-state index >= 15 is 0 Å². The largest absolute Gasteiger partial charge is 0.355 e. The van der Waals surface area contributed by atoms with E-state index in [1.165, 1.54) is 11.6 Å². The molecule has 2 aromatic carbocycles. The number of nitrogens with two attached hydrogens (primary N) is 1. The summed E-state index contributed by atoms with van der Waals surface area (Å²) in [7, 11) is -3.66. The van der Waals surface area contributed by atoms with Gasteiger partial charge < -0.3 is 5.32 Å². The van der Waals surface area contributed by atoms with Gasteiger partial charge in [0.2, 0.25) is 10.0 Å². The quantitative estimate of drug-likeness (QED) is 0.912. The normalized spacial score (nSPS) is 11.4. The van der Waals surface area contributed by atoms with Crippen LogP contribution in [0.1, 0.15) is 16.7 Å². The van der Waals surface area contributed by atoms with Crippen molar-refractivity contribution in [3.8, 4) is 0 Å². The second-order valence-corrected chi connectivity index (χ2v) is 6.50. The lowest BCUT2D eigenvalue weighted by Crippen LogP contribution is -2.13. The zero-order chi connectivity index (χ0) is 14.9. The summed E-state index contributed by atoms with van der Waals surface area (Å²) >= 11 is 0. The standard InChI is InChI=1S/C15H18N2O2S/c1-10-4-6-14(11(2)8-10)17-13-5-7-15(12(3)9-13)20(16,18)19/h4-9,17H,1-3H3,(H2,16,18,19). The monoisotopic (exact) mass is 290 g/mol. The van der Waals surface area contributed by atoms with Crippen LogP contribution in [0, 0.1) is 20.8 Å². The summed E-state index contributed by atoms with van der Waals surface area (Å²) in [6.45, 7) is 5.80. The van der Waals surface area contributed by atoms with E-state index < -0.39 is 10.0 Å². The SMILES string of the molecule is Cc1ccc(Nc2ccc(S(N)(=O)=O)c(C)c2)c(C)c1. The van der Waals surface area contributed by atoms with Crippen LogP contribution in [0.3, 0.4) is 0 Å². The number of hydrogen-bond acceptors (Lipinski definition) is 3. The van der Waals surface area contributed by atoms with Gasteiger partial charge in [-0.25, -0.2) is 13.6 Å². The number of aryl methyl sites for hydroxylation is 3. The van der Waals surface area contributed by atoms with Crippen molar-refractivity contribution in [2.75, 3.05) is 5.32 Å². The Morgan fingerprint density at radius 2 is 1.65 bits per heavy atom. The summed E-state index contributed by atoms with van der Waals surface area (Å²) in [5, 5.41) is 8.44. The minimum atomic E-state index is -3.66. The minimum Gasteiger partial charge on any atom is -0.355 e. The molecular formula is C15H18N2O2S. The van der Waals surface area contributed by atoms with Gasteiger partial charge in [-0.1, -0.05) is 17.7 Å². The maximum absolute atomic E-state index is 11.4. The molecule has 0 aliphatic carbocycles. The van der Waals surface area contributed by atoms with E-state index in [0.717, 1.165) is 16.9 Å². The molecule has 2 aromatic rings. The van der Waals surface area contributed by atoms with E-state index in [2.05, 4.69) is 11.4 Å². The Hall–Kier alpha value is -1.85. The number of primary sulfonamides is 1. The van der Waals surface area contributed by atoms with Crippen LogP contribution >= 0.6 is 0 Å². The van der Waals surface area contributed by atoms with Crippen LogP contribution in [0.25, 0.3) is 0 Å². The average Bonchev–Trinajstić information content (AvgIpc) is 2.31. The molecule has 0 heterocycles. The number of rotatable bonds is 3. The molecule has 0 aliphatic rings. The van der Waals surface area contributed by atoms with Crippen LogP contribution < -0.4 is 10.5 Å². The van der Waals surface area contributed by atoms with Gasteiger partial charge in [-0.05, 0) is 56.2 Å². The van der Waals surface area contributed by atoms with Crippen LogP contribution in [-0.2, 0) is 10.0 Å². The van der Waals surface area contributed by atoms with Crippen LogP contribution in [0.4, 0.5) is 11.4 Å². The fraction of sp³-hybridized carbons (Fsp3) is 0.200. The van der Waals surface area contributed by atoms with Gasteiger partial charge in [0.25, 0.3) is 0 Å². The molecule has 0 unspecified atom stereocenters. The van der Waals surface area contributed by atoms with Gasteiger partial charge in [0.05, 0.1) is 4.90 Å². The number of benzene rings is 2. The van der Waals surface area contributed by atoms with Crippen molar-refractivity contribution < 1.29 is 8.42 Å². The van der Waals surface area contributed by atoms with Crippen molar-refractivity contribution in [2.45, 2.75) is 25.7 Å². The Morgan fingerprint density at radius 1 is 0.950 bits per heavy atom. The highest BCUT2D eigenvalue weighted by Crippen LogP contribution is 2.24. The third kappa shape index (κ3) is 3.18. The second kappa shape index (κ2) is 5.26. The van der Waals surface area contributed by atoms with Gasteiger partial charge in [-0.15, -0.1) is 0 Å². The van der Waals surface area contributed by atoms with Gasteiger partial charge >= 0.3 is 0 Å². The number of hydrogen-bond donors (Lipinski definition) is 2. The first-order chi connectivity index (χ1) is 9.27. The molecule has 0 aliphatic heterocycles. The predicted molar refractivity (Wildman–Crippen MR) is 81.8 cm³/mol. The van der Waals surface area contributed by atoms with Gasteiger partial charge in [0.1, 0.15) is 0 Å². The number of sulfonamides is 1. The average molecular weight is 290 g/mol. The van der Waals surface area contributed by atoms with Crippen molar-refractivity contribution in [3.63, 3.8) is 0 Å². The molecule has 0 bridgehead atoms. The Morgan fingerprint density at radius 3 is 2.20 bits per heavy atom. The van der Waals surface area contributed by atoms with Crippen LogP contribution in [0.2, 0.25) is 0 Å². The zero-order valence-corrected chi connectivity index (χ0v) is 12.6. The van der Waals surface area contributed by atoms with E-state index in [0.29, 0.717) is 5.56 Å². The lowest BCUT2D eigenvalue weighted by atomic mass is 10.1. The fourth-order valence-corrected chi connectivity index (χ4v) is 2.92. The molecule has 0 saturated carbocycles. The first kappa shape index (κ1) is 14.6. The summed E-state index contributed by atoms with van der Waals surface area (Å²) in [6.07, 6.45) is 0. The molecule has 0 fully saturated rings. The second-order valence-electron chi connectivity index (χ2n) is 4.97. The maximum atomic E-state index is 11.4. The molecule has 3 N–H and O–H groups in total. The zero-order valence-electron chi connectivity index (χ0n) is 11.8. The summed E-state index contributed by atoms with van der Waals surface area (Å²) < 4.78 is 22.7. The summed E-state index contributed by atoms with van der Waals surface area (Å²) in [4.78, 5) is 0.156.